The van der Waals surface area contributed by atoms with E-state index in [0.29, 0.717) is 16.9 Å². The van der Waals surface area contributed by atoms with Crippen molar-refractivity contribution >= 4 is 17.3 Å². The van der Waals surface area contributed by atoms with E-state index >= 15 is 0 Å². The van der Waals surface area contributed by atoms with Gasteiger partial charge in [-0.05, 0) is 31.0 Å². The molecule has 1 aromatic rings. The number of amides is 1. The zero-order valence-electron chi connectivity index (χ0n) is 9.98. The molecule has 0 unspecified atom stereocenters. The lowest BCUT2D eigenvalue weighted by molar-refractivity contribution is 0.0762. The Morgan fingerprint density at radius 3 is 2.00 bits per heavy atom. The van der Waals surface area contributed by atoms with Crippen LogP contribution in [-0.4, -0.2) is 23.9 Å². The molecule has 1 aliphatic heterocycles. The Bertz CT molecular complexity index is 389. The molecule has 1 saturated heterocycles. The van der Waals surface area contributed by atoms with Crippen molar-refractivity contribution in [2.45, 2.75) is 25.7 Å². The quantitative estimate of drug-likeness (QED) is 0.727. The molecule has 1 aromatic carbocycles. The molecule has 0 aromatic heterocycles. The highest BCUT2D eigenvalue weighted by molar-refractivity contribution is 5.96. The minimum atomic E-state index is 0.0471. The van der Waals surface area contributed by atoms with Crippen molar-refractivity contribution in [3.05, 3.63) is 23.8 Å². The molecule has 0 spiro atoms. The van der Waals surface area contributed by atoms with E-state index in [2.05, 4.69) is 0 Å². The third kappa shape index (κ3) is 2.90. The molecular formula is C13H19N3O. The second kappa shape index (κ2) is 5.08. The number of carbonyl (C=O) groups excluding carboxylic acids is 1. The molecule has 17 heavy (non-hydrogen) atoms. The molecule has 1 aliphatic rings. The van der Waals surface area contributed by atoms with Gasteiger partial charge in [-0.1, -0.05) is 12.8 Å². The largest absolute Gasteiger partial charge is 0.399 e. The number of hydrogen-bond acceptors (Lipinski definition) is 3. The molecule has 1 heterocycles. The molecule has 0 bridgehead atoms. The fourth-order valence-corrected chi connectivity index (χ4v) is 2.26. The molecule has 4 nitrogen and oxygen atoms in total. The topological polar surface area (TPSA) is 72.3 Å². The van der Waals surface area contributed by atoms with Crippen LogP contribution < -0.4 is 11.5 Å². The molecule has 0 saturated carbocycles. The van der Waals surface area contributed by atoms with Crippen molar-refractivity contribution in [2.24, 2.45) is 0 Å². The van der Waals surface area contributed by atoms with Crippen LogP contribution in [0.15, 0.2) is 18.2 Å². The average Bonchev–Trinajstić information content (AvgIpc) is 2.55. The Morgan fingerprint density at radius 1 is 0.941 bits per heavy atom. The van der Waals surface area contributed by atoms with E-state index in [-0.39, 0.29) is 5.91 Å². The van der Waals surface area contributed by atoms with Crippen LogP contribution in [0.5, 0.6) is 0 Å². The summed E-state index contributed by atoms with van der Waals surface area (Å²) in [5, 5.41) is 0. The van der Waals surface area contributed by atoms with Gasteiger partial charge in [-0.15, -0.1) is 0 Å². The number of rotatable bonds is 1. The second-order valence-electron chi connectivity index (χ2n) is 4.59. The molecular weight excluding hydrogens is 214 g/mol. The predicted octanol–water partition coefficient (Wildman–Crippen LogP) is 1.87. The summed E-state index contributed by atoms with van der Waals surface area (Å²) in [6.45, 7) is 1.68. The lowest BCUT2D eigenvalue weighted by Gasteiger charge is -2.20. The van der Waals surface area contributed by atoms with Crippen LogP contribution in [0.2, 0.25) is 0 Å². The van der Waals surface area contributed by atoms with Gasteiger partial charge in [0, 0.05) is 30.0 Å². The normalized spacial score (nSPS) is 16.6. The maximum Gasteiger partial charge on any atom is 0.254 e. The second-order valence-corrected chi connectivity index (χ2v) is 4.59. The van der Waals surface area contributed by atoms with Gasteiger partial charge in [0.15, 0.2) is 0 Å². The van der Waals surface area contributed by atoms with Crippen molar-refractivity contribution in [1.82, 2.24) is 4.90 Å². The fraction of sp³-hybridized carbons (Fsp3) is 0.462. The minimum Gasteiger partial charge on any atom is -0.399 e. The molecule has 0 aliphatic carbocycles. The van der Waals surface area contributed by atoms with Crippen LogP contribution >= 0.6 is 0 Å². The molecule has 1 amide bonds. The van der Waals surface area contributed by atoms with Gasteiger partial charge in [0.2, 0.25) is 0 Å². The summed E-state index contributed by atoms with van der Waals surface area (Å²) in [6, 6.07) is 5.06. The molecule has 0 atom stereocenters. The number of nitrogen functional groups attached to an aromatic ring is 2. The van der Waals surface area contributed by atoms with Gasteiger partial charge in [0.05, 0.1) is 0 Å². The van der Waals surface area contributed by atoms with Crippen molar-refractivity contribution in [3.8, 4) is 0 Å². The Hall–Kier alpha value is -1.71. The predicted molar refractivity (Wildman–Crippen MR) is 69.6 cm³/mol. The van der Waals surface area contributed by atoms with Crippen LogP contribution in [0.4, 0.5) is 11.4 Å². The maximum atomic E-state index is 12.3. The summed E-state index contributed by atoms with van der Waals surface area (Å²) >= 11 is 0. The van der Waals surface area contributed by atoms with Gasteiger partial charge in [0.25, 0.3) is 5.91 Å². The van der Waals surface area contributed by atoms with Crippen LogP contribution in [0, 0.1) is 0 Å². The van der Waals surface area contributed by atoms with Gasteiger partial charge in [-0.2, -0.15) is 0 Å². The zero-order chi connectivity index (χ0) is 12.3. The molecule has 0 radical (unpaired) electrons. The summed E-state index contributed by atoms with van der Waals surface area (Å²) in [6.07, 6.45) is 4.60. The van der Waals surface area contributed by atoms with Crippen molar-refractivity contribution in [2.75, 3.05) is 24.6 Å². The third-order valence-electron chi connectivity index (χ3n) is 3.12. The monoisotopic (exact) mass is 233 g/mol. The first-order valence-electron chi connectivity index (χ1n) is 6.12. The Balaban J connectivity index is 2.17. The van der Waals surface area contributed by atoms with E-state index in [1.807, 2.05) is 4.90 Å². The first-order chi connectivity index (χ1) is 8.16. The number of likely N-dealkylation sites (tertiary alicyclic amines) is 1. The van der Waals surface area contributed by atoms with Crippen LogP contribution in [0.1, 0.15) is 36.0 Å². The smallest absolute Gasteiger partial charge is 0.254 e. The number of anilines is 2. The van der Waals surface area contributed by atoms with E-state index in [9.17, 15) is 4.79 Å². The van der Waals surface area contributed by atoms with Crippen LogP contribution in [-0.2, 0) is 0 Å². The van der Waals surface area contributed by atoms with Gasteiger partial charge >= 0.3 is 0 Å². The first-order valence-corrected chi connectivity index (χ1v) is 6.12. The Morgan fingerprint density at radius 2 is 1.47 bits per heavy atom. The lowest BCUT2D eigenvalue weighted by atomic mass is 10.1. The first kappa shape index (κ1) is 11.8. The highest BCUT2D eigenvalue weighted by atomic mass is 16.2. The number of carbonyl (C=O) groups is 1. The minimum absolute atomic E-state index is 0.0471. The number of nitrogens with zero attached hydrogens (tertiary/aromatic N) is 1. The molecule has 92 valence electrons. The SMILES string of the molecule is Nc1cc(N)cc(C(=O)N2CCCCCC2)c1. The van der Waals surface area contributed by atoms with Crippen molar-refractivity contribution < 1.29 is 4.79 Å². The van der Waals surface area contributed by atoms with Gasteiger partial charge in [0.1, 0.15) is 0 Å². The molecule has 4 heteroatoms. The average molecular weight is 233 g/mol. The van der Waals surface area contributed by atoms with Crippen molar-refractivity contribution in [1.29, 1.82) is 0 Å². The van der Waals surface area contributed by atoms with Gasteiger partial charge in [-0.25, -0.2) is 0 Å². The van der Waals surface area contributed by atoms with E-state index in [4.69, 9.17) is 11.5 Å². The highest BCUT2D eigenvalue weighted by Gasteiger charge is 2.17. The van der Waals surface area contributed by atoms with Crippen LogP contribution in [0.3, 0.4) is 0 Å². The van der Waals surface area contributed by atoms with E-state index in [0.717, 1.165) is 25.9 Å². The summed E-state index contributed by atoms with van der Waals surface area (Å²) < 4.78 is 0. The third-order valence-corrected chi connectivity index (χ3v) is 3.12. The zero-order valence-corrected chi connectivity index (χ0v) is 9.98. The summed E-state index contributed by atoms with van der Waals surface area (Å²) in [5.74, 6) is 0.0471. The molecule has 1 fully saturated rings. The summed E-state index contributed by atoms with van der Waals surface area (Å²) in [4.78, 5) is 14.2. The fourth-order valence-electron chi connectivity index (χ4n) is 2.26. The van der Waals surface area contributed by atoms with Gasteiger partial charge in [-0.3, -0.25) is 4.79 Å². The summed E-state index contributed by atoms with van der Waals surface area (Å²) in [5.41, 5.74) is 13.1. The Labute approximate surface area is 102 Å². The van der Waals surface area contributed by atoms with Crippen molar-refractivity contribution in [3.63, 3.8) is 0 Å². The summed E-state index contributed by atoms with van der Waals surface area (Å²) in [7, 11) is 0. The van der Waals surface area contributed by atoms with Gasteiger partial charge < -0.3 is 16.4 Å². The van der Waals surface area contributed by atoms with Crippen LogP contribution in [0.25, 0.3) is 0 Å². The molecule has 4 N–H and O–H groups in total. The number of hydrogen-bond donors (Lipinski definition) is 2. The van der Waals surface area contributed by atoms with E-state index in [1.54, 1.807) is 18.2 Å². The number of nitrogens with two attached hydrogens (primary N) is 2. The lowest BCUT2D eigenvalue weighted by Crippen LogP contribution is -2.31. The molecule has 2 rings (SSSR count). The standard InChI is InChI=1S/C13H19N3O/c14-11-7-10(8-12(15)9-11)13(17)16-5-3-1-2-4-6-16/h7-9H,1-6,14-15H2. The van der Waals surface area contributed by atoms with E-state index in [1.165, 1.54) is 12.8 Å². The maximum absolute atomic E-state index is 12.3. The van der Waals surface area contributed by atoms with E-state index < -0.39 is 0 Å². The Kier molecular flexibility index (Phi) is 3.52. The number of benzene rings is 1. The highest BCUT2D eigenvalue weighted by Crippen LogP contribution is 2.18.